The molecule has 2 rings (SSSR count). The maximum Gasteiger partial charge on any atom is 0.401 e. The summed E-state index contributed by atoms with van der Waals surface area (Å²) in [7, 11) is 0. The van der Waals surface area contributed by atoms with Gasteiger partial charge >= 0.3 is 6.18 Å². The van der Waals surface area contributed by atoms with Crippen molar-refractivity contribution in [1.82, 2.24) is 10.2 Å². The molecule has 5 heteroatoms. The van der Waals surface area contributed by atoms with E-state index < -0.39 is 12.7 Å². The van der Waals surface area contributed by atoms with Crippen molar-refractivity contribution in [3.8, 4) is 0 Å². The Kier molecular flexibility index (Phi) is 4.54. The highest BCUT2D eigenvalue weighted by atomic mass is 19.4. The fourth-order valence-corrected chi connectivity index (χ4v) is 2.94. The van der Waals surface area contributed by atoms with Gasteiger partial charge in [-0.15, -0.1) is 0 Å². The number of alkyl halides is 3. The van der Waals surface area contributed by atoms with Crippen LogP contribution in [0.2, 0.25) is 0 Å². The molecule has 1 heterocycles. The fraction of sp³-hybridized carbons (Fsp3) is 1.00. The highest BCUT2D eigenvalue weighted by Crippen LogP contribution is 2.34. The third-order valence-electron chi connectivity index (χ3n) is 4.07. The summed E-state index contributed by atoms with van der Waals surface area (Å²) in [6.45, 7) is 3.49. The number of rotatable bonds is 6. The van der Waals surface area contributed by atoms with Crippen LogP contribution in [0.5, 0.6) is 0 Å². The van der Waals surface area contributed by atoms with Crippen LogP contribution in [0.1, 0.15) is 32.6 Å². The van der Waals surface area contributed by atoms with Gasteiger partial charge < -0.3 is 5.32 Å². The Labute approximate surface area is 107 Å². The van der Waals surface area contributed by atoms with E-state index in [1.807, 2.05) is 0 Å². The summed E-state index contributed by atoms with van der Waals surface area (Å²) in [6.07, 6.45) is 0.600. The Morgan fingerprint density at radius 1 is 1.28 bits per heavy atom. The molecule has 0 aromatic rings. The van der Waals surface area contributed by atoms with Crippen LogP contribution in [0.3, 0.4) is 0 Å². The zero-order valence-electron chi connectivity index (χ0n) is 11.0. The van der Waals surface area contributed by atoms with Gasteiger partial charge in [0.05, 0.1) is 6.54 Å². The predicted molar refractivity (Wildman–Crippen MR) is 65.4 cm³/mol. The van der Waals surface area contributed by atoms with Crippen LogP contribution >= 0.6 is 0 Å². The quantitative estimate of drug-likeness (QED) is 0.793. The van der Waals surface area contributed by atoms with E-state index in [9.17, 15) is 13.2 Å². The molecule has 2 aliphatic rings. The largest absolute Gasteiger partial charge is 0.401 e. The fourth-order valence-electron chi connectivity index (χ4n) is 2.94. The van der Waals surface area contributed by atoms with E-state index in [1.54, 1.807) is 0 Å². The molecule has 0 spiro atoms. The van der Waals surface area contributed by atoms with Crippen LogP contribution in [-0.4, -0.2) is 43.3 Å². The highest BCUT2D eigenvalue weighted by molar-refractivity contribution is 4.87. The molecule has 2 nitrogen and oxygen atoms in total. The van der Waals surface area contributed by atoms with Gasteiger partial charge in [-0.3, -0.25) is 4.90 Å². The summed E-state index contributed by atoms with van der Waals surface area (Å²) in [5.74, 6) is 1.21. The van der Waals surface area contributed by atoms with Gasteiger partial charge in [-0.2, -0.15) is 13.2 Å². The number of nitrogens with zero attached hydrogens (tertiary/aromatic N) is 1. The third kappa shape index (κ3) is 4.43. The van der Waals surface area contributed by atoms with Crippen molar-refractivity contribution in [2.45, 2.75) is 44.8 Å². The van der Waals surface area contributed by atoms with Gasteiger partial charge in [0.25, 0.3) is 0 Å². The summed E-state index contributed by atoms with van der Waals surface area (Å²) < 4.78 is 36.8. The number of hydrogen-bond donors (Lipinski definition) is 1. The first kappa shape index (κ1) is 14.1. The smallest absolute Gasteiger partial charge is 0.313 e. The van der Waals surface area contributed by atoms with Crippen molar-refractivity contribution in [3.63, 3.8) is 0 Å². The Morgan fingerprint density at radius 3 is 2.56 bits per heavy atom. The lowest BCUT2D eigenvalue weighted by Crippen LogP contribution is -2.37. The average Bonchev–Trinajstić information content (AvgIpc) is 3.00. The first-order valence-electron chi connectivity index (χ1n) is 7.00. The second-order valence-electron chi connectivity index (χ2n) is 5.77. The average molecular weight is 264 g/mol. The first-order valence-corrected chi connectivity index (χ1v) is 7.00. The van der Waals surface area contributed by atoms with Crippen molar-refractivity contribution in [2.75, 3.05) is 26.2 Å². The molecule has 1 saturated carbocycles. The van der Waals surface area contributed by atoms with E-state index in [0.29, 0.717) is 25.0 Å². The molecule has 1 aliphatic carbocycles. The van der Waals surface area contributed by atoms with Crippen molar-refractivity contribution in [2.24, 2.45) is 11.8 Å². The van der Waals surface area contributed by atoms with Crippen LogP contribution in [0.15, 0.2) is 0 Å². The molecular formula is C13H23F3N2. The van der Waals surface area contributed by atoms with Crippen molar-refractivity contribution < 1.29 is 13.2 Å². The van der Waals surface area contributed by atoms with Gasteiger partial charge in [0.2, 0.25) is 0 Å². The third-order valence-corrected chi connectivity index (χ3v) is 4.07. The number of likely N-dealkylation sites (tertiary alicyclic amines) is 1. The monoisotopic (exact) mass is 264 g/mol. The van der Waals surface area contributed by atoms with Crippen LogP contribution in [0.25, 0.3) is 0 Å². The van der Waals surface area contributed by atoms with Gasteiger partial charge in [-0.05, 0) is 50.6 Å². The summed E-state index contributed by atoms with van der Waals surface area (Å²) in [6, 6.07) is 0.585. The van der Waals surface area contributed by atoms with Gasteiger partial charge in [0.15, 0.2) is 0 Å². The number of hydrogen-bond acceptors (Lipinski definition) is 2. The second-order valence-corrected chi connectivity index (χ2v) is 5.77. The second kappa shape index (κ2) is 5.78. The molecule has 2 unspecified atom stereocenters. The molecule has 1 saturated heterocycles. The topological polar surface area (TPSA) is 15.3 Å². The standard InChI is InChI=1S/C13H23F3N2/c1-2-12(11-3-4-11)17-7-10-5-6-18(8-10)9-13(14,15)16/h10-12,17H,2-9H2,1H3. The molecule has 18 heavy (non-hydrogen) atoms. The zero-order valence-corrected chi connectivity index (χ0v) is 11.0. The van der Waals surface area contributed by atoms with Crippen LogP contribution in [-0.2, 0) is 0 Å². The SMILES string of the molecule is CCC(NCC1CCN(CC(F)(F)F)C1)C1CC1. The van der Waals surface area contributed by atoms with Crippen molar-refractivity contribution in [3.05, 3.63) is 0 Å². The van der Waals surface area contributed by atoms with E-state index in [4.69, 9.17) is 0 Å². The lowest BCUT2D eigenvalue weighted by molar-refractivity contribution is -0.143. The molecule has 0 bridgehead atoms. The molecule has 0 aromatic carbocycles. The molecule has 106 valence electrons. The van der Waals surface area contributed by atoms with E-state index in [2.05, 4.69) is 12.2 Å². The lowest BCUT2D eigenvalue weighted by atomic mass is 10.1. The predicted octanol–water partition coefficient (Wildman–Crippen LogP) is 2.65. The molecule has 0 aromatic heterocycles. The van der Waals surface area contributed by atoms with E-state index in [-0.39, 0.29) is 0 Å². The molecule has 1 aliphatic heterocycles. The van der Waals surface area contributed by atoms with Crippen LogP contribution in [0.4, 0.5) is 13.2 Å². The lowest BCUT2D eigenvalue weighted by Gasteiger charge is -2.20. The Hall–Kier alpha value is -0.290. The molecule has 0 amide bonds. The van der Waals surface area contributed by atoms with Crippen LogP contribution in [0, 0.1) is 11.8 Å². The van der Waals surface area contributed by atoms with Crippen LogP contribution < -0.4 is 5.32 Å². The highest BCUT2D eigenvalue weighted by Gasteiger charge is 2.35. The van der Waals surface area contributed by atoms with Gasteiger partial charge in [-0.1, -0.05) is 6.92 Å². The molecule has 1 N–H and O–H groups in total. The summed E-state index contributed by atoms with van der Waals surface area (Å²) >= 11 is 0. The normalized spacial score (nSPS) is 27.7. The Bertz CT molecular complexity index is 263. The molecule has 2 fully saturated rings. The summed E-state index contributed by atoms with van der Waals surface area (Å²) in [5.41, 5.74) is 0. The summed E-state index contributed by atoms with van der Waals surface area (Å²) in [4.78, 5) is 1.53. The molecule has 2 atom stereocenters. The maximum atomic E-state index is 12.3. The van der Waals surface area contributed by atoms with Gasteiger partial charge in [0, 0.05) is 12.6 Å². The molecule has 0 radical (unpaired) electrons. The number of nitrogens with one attached hydrogen (secondary N) is 1. The maximum absolute atomic E-state index is 12.3. The molecular weight excluding hydrogens is 241 g/mol. The van der Waals surface area contributed by atoms with E-state index in [1.165, 1.54) is 17.7 Å². The Morgan fingerprint density at radius 2 is 2.00 bits per heavy atom. The minimum atomic E-state index is -4.05. The van der Waals surface area contributed by atoms with E-state index >= 15 is 0 Å². The zero-order chi connectivity index (χ0) is 13.2. The van der Waals surface area contributed by atoms with Gasteiger partial charge in [0.1, 0.15) is 0 Å². The minimum absolute atomic E-state index is 0.389. The van der Waals surface area contributed by atoms with Crippen molar-refractivity contribution >= 4 is 0 Å². The van der Waals surface area contributed by atoms with E-state index in [0.717, 1.165) is 25.3 Å². The summed E-state index contributed by atoms with van der Waals surface area (Å²) in [5, 5.41) is 3.55. The number of halogens is 3. The Balaban J connectivity index is 1.66. The van der Waals surface area contributed by atoms with Gasteiger partial charge in [-0.25, -0.2) is 0 Å². The van der Waals surface area contributed by atoms with Crippen molar-refractivity contribution in [1.29, 1.82) is 0 Å². The minimum Gasteiger partial charge on any atom is -0.313 e. The first-order chi connectivity index (χ1) is 8.48.